The zero-order chi connectivity index (χ0) is 14.5. The first-order chi connectivity index (χ1) is 9.61. The molecule has 0 amide bonds. The van der Waals surface area contributed by atoms with Gasteiger partial charge in [0.15, 0.2) is 0 Å². The van der Waals surface area contributed by atoms with Gasteiger partial charge in [0.1, 0.15) is 30.1 Å². The Bertz CT molecular complexity index is 499. The van der Waals surface area contributed by atoms with Gasteiger partial charge in [-0.2, -0.15) is 5.26 Å². The van der Waals surface area contributed by atoms with Crippen LogP contribution >= 0.6 is 11.6 Å². The van der Waals surface area contributed by atoms with Crippen molar-refractivity contribution in [2.45, 2.75) is 26.0 Å². The summed E-state index contributed by atoms with van der Waals surface area (Å²) in [5.74, 6) is 0.519. The predicted molar refractivity (Wildman–Crippen MR) is 78.1 cm³/mol. The number of nitriles is 1. The second-order valence-electron chi connectivity index (χ2n) is 5.12. The van der Waals surface area contributed by atoms with E-state index in [-0.39, 0.29) is 6.10 Å². The monoisotopic (exact) mass is 294 g/mol. The van der Waals surface area contributed by atoms with Gasteiger partial charge in [0.2, 0.25) is 0 Å². The van der Waals surface area contributed by atoms with Crippen LogP contribution in [0, 0.1) is 11.3 Å². The van der Waals surface area contributed by atoms with Crippen LogP contribution in [0.3, 0.4) is 0 Å². The molecule has 0 aliphatic carbocycles. The maximum absolute atomic E-state index is 9.10. The minimum absolute atomic E-state index is 0.0247. The first-order valence-electron chi connectivity index (χ1n) is 6.79. The number of benzene rings is 1. The van der Waals surface area contributed by atoms with Gasteiger partial charge in [-0.1, -0.05) is 17.7 Å². The average Bonchev–Trinajstić information content (AvgIpc) is 2.45. The number of hydrogen-bond donors (Lipinski definition) is 0. The van der Waals surface area contributed by atoms with Gasteiger partial charge in [-0.25, -0.2) is 0 Å². The van der Waals surface area contributed by atoms with Crippen LogP contribution in [0.15, 0.2) is 18.2 Å². The molecule has 0 radical (unpaired) electrons. The quantitative estimate of drug-likeness (QED) is 0.856. The van der Waals surface area contributed by atoms with Crippen molar-refractivity contribution < 1.29 is 9.47 Å². The smallest absolute Gasteiger partial charge is 0.138 e. The highest BCUT2D eigenvalue weighted by molar-refractivity contribution is 6.31. The fourth-order valence-corrected chi connectivity index (χ4v) is 2.44. The first-order valence-corrected chi connectivity index (χ1v) is 7.16. The molecule has 1 aromatic carbocycles. The van der Waals surface area contributed by atoms with E-state index in [1.807, 2.05) is 0 Å². The molecule has 0 bridgehead atoms. The van der Waals surface area contributed by atoms with Crippen LogP contribution in [0.4, 0.5) is 0 Å². The summed E-state index contributed by atoms with van der Waals surface area (Å²) in [5.41, 5.74) is 0.380. The van der Waals surface area contributed by atoms with E-state index in [4.69, 9.17) is 26.3 Å². The molecule has 20 heavy (non-hydrogen) atoms. The molecular formula is C15H19ClN2O2. The molecule has 1 aliphatic rings. The van der Waals surface area contributed by atoms with E-state index in [0.717, 1.165) is 13.1 Å². The lowest BCUT2D eigenvalue weighted by molar-refractivity contribution is -0.0564. The Morgan fingerprint density at radius 1 is 1.55 bits per heavy atom. The normalized spacial score (nSPS) is 19.9. The van der Waals surface area contributed by atoms with E-state index in [1.54, 1.807) is 18.2 Å². The lowest BCUT2D eigenvalue weighted by atomic mass is 10.2. The van der Waals surface area contributed by atoms with Crippen LogP contribution < -0.4 is 4.74 Å². The van der Waals surface area contributed by atoms with E-state index >= 15 is 0 Å². The van der Waals surface area contributed by atoms with Crippen LogP contribution in [0.1, 0.15) is 19.4 Å². The molecule has 1 fully saturated rings. The average molecular weight is 295 g/mol. The SMILES string of the molecule is CC(C)N1CCOC(COc2cccc(Cl)c2C#N)C1. The molecule has 1 saturated heterocycles. The van der Waals surface area contributed by atoms with Crippen LogP contribution in [0.25, 0.3) is 0 Å². The zero-order valence-corrected chi connectivity index (χ0v) is 12.6. The van der Waals surface area contributed by atoms with Gasteiger partial charge in [-0.3, -0.25) is 4.90 Å². The second kappa shape index (κ2) is 6.94. The summed E-state index contributed by atoms with van der Waals surface area (Å²) in [6.07, 6.45) is 0.0247. The van der Waals surface area contributed by atoms with Crippen LogP contribution in [-0.4, -0.2) is 43.3 Å². The van der Waals surface area contributed by atoms with Crippen molar-refractivity contribution >= 4 is 11.6 Å². The Labute approximate surface area is 124 Å². The van der Waals surface area contributed by atoms with Gasteiger partial charge in [-0.15, -0.1) is 0 Å². The lowest BCUT2D eigenvalue weighted by Crippen LogP contribution is -2.47. The summed E-state index contributed by atoms with van der Waals surface area (Å²) < 4.78 is 11.4. The van der Waals surface area contributed by atoms with E-state index in [2.05, 4.69) is 24.8 Å². The third-order valence-corrected chi connectivity index (χ3v) is 3.73. The highest BCUT2D eigenvalue weighted by Gasteiger charge is 2.23. The first kappa shape index (κ1) is 15.1. The molecule has 1 atom stereocenters. The third-order valence-electron chi connectivity index (χ3n) is 3.41. The molecule has 1 aromatic rings. The van der Waals surface area contributed by atoms with Gasteiger partial charge in [0.05, 0.1) is 11.6 Å². The zero-order valence-electron chi connectivity index (χ0n) is 11.8. The molecule has 4 nitrogen and oxygen atoms in total. The summed E-state index contributed by atoms with van der Waals surface area (Å²) >= 11 is 5.97. The van der Waals surface area contributed by atoms with E-state index in [1.165, 1.54) is 0 Å². The number of hydrogen-bond acceptors (Lipinski definition) is 4. The molecule has 108 valence electrons. The van der Waals surface area contributed by atoms with Crippen LogP contribution in [-0.2, 0) is 4.74 Å². The largest absolute Gasteiger partial charge is 0.489 e. The van der Waals surface area contributed by atoms with Crippen molar-refractivity contribution in [3.63, 3.8) is 0 Å². The van der Waals surface area contributed by atoms with Crippen LogP contribution in [0.5, 0.6) is 5.75 Å². The predicted octanol–water partition coefficient (Wildman–Crippen LogP) is 2.70. The van der Waals surface area contributed by atoms with Gasteiger partial charge in [0, 0.05) is 19.1 Å². The van der Waals surface area contributed by atoms with Crippen molar-refractivity contribution in [2.75, 3.05) is 26.3 Å². The lowest BCUT2D eigenvalue weighted by Gasteiger charge is -2.35. The van der Waals surface area contributed by atoms with Crippen molar-refractivity contribution in [3.8, 4) is 11.8 Å². The number of halogens is 1. The Balaban J connectivity index is 1.96. The van der Waals surface area contributed by atoms with Crippen molar-refractivity contribution in [3.05, 3.63) is 28.8 Å². The van der Waals surface area contributed by atoms with Crippen molar-refractivity contribution in [1.29, 1.82) is 5.26 Å². The van der Waals surface area contributed by atoms with E-state index in [0.29, 0.717) is 35.6 Å². The second-order valence-corrected chi connectivity index (χ2v) is 5.52. The Kier molecular flexibility index (Phi) is 5.24. The summed E-state index contributed by atoms with van der Waals surface area (Å²) in [6.45, 7) is 7.29. The maximum atomic E-state index is 9.10. The molecule has 0 N–H and O–H groups in total. The Morgan fingerprint density at radius 3 is 3.05 bits per heavy atom. The maximum Gasteiger partial charge on any atom is 0.138 e. The molecular weight excluding hydrogens is 276 g/mol. The van der Waals surface area contributed by atoms with E-state index in [9.17, 15) is 0 Å². The number of morpholine rings is 1. The summed E-state index contributed by atoms with van der Waals surface area (Å²) in [6, 6.07) is 7.79. The summed E-state index contributed by atoms with van der Waals surface area (Å²) in [7, 11) is 0. The summed E-state index contributed by atoms with van der Waals surface area (Å²) in [4.78, 5) is 2.36. The number of nitrogens with zero attached hydrogens (tertiary/aromatic N) is 2. The Morgan fingerprint density at radius 2 is 2.35 bits per heavy atom. The molecule has 1 heterocycles. The number of rotatable bonds is 4. The van der Waals surface area contributed by atoms with Gasteiger partial charge in [-0.05, 0) is 26.0 Å². The molecule has 1 aliphatic heterocycles. The number of ether oxygens (including phenoxy) is 2. The fourth-order valence-electron chi connectivity index (χ4n) is 2.23. The summed E-state index contributed by atoms with van der Waals surface area (Å²) in [5, 5.41) is 9.51. The molecule has 5 heteroatoms. The topological polar surface area (TPSA) is 45.5 Å². The van der Waals surface area contributed by atoms with Crippen molar-refractivity contribution in [1.82, 2.24) is 4.90 Å². The molecule has 0 spiro atoms. The van der Waals surface area contributed by atoms with Crippen LogP contribution in [0.2, 0.25) is 5.02 Å². The molecule has 0 saturated carbocycles. The highest BCUT2D eigenvalue weighted by Crippen LogP contribution is 2.25. The van der Waals surface area contributed by atoms with E-state index < -0.39 is 0 Å². The van der Waals surface area contributed by atoms with Crippen molar-refractivity contribution in [2.24, 2.45) is 0 Å². The molecule has 0 aromatic heterocycles. The molecule has 2 rings (SSSR count). The standard InChI is InChI=1S/C15H19ClN2O2/c1-11(2)18-6-7-19-12(9-18)10-20-15-5-3-4-14(16)13(15)8-17/h3-5,11-12H,6-7,9-10H2,1-2H3. The minimum Gasteiger partial charge on any atom is -0.489 e. The van der Waals surface area contributed by atoms with Gasteiger partial charge in [0.25, 0.3) is 0 Å². The van der Waals surface area contributed by atoms with Gasteiger partial charge >= 0.3 is 0 Å². The molecule has 1 unspecified atom stereocenters. The Hall–Kier alpha value is -1.28. The third kappa shape index (κ3) is 3.63. The fraction of sp³-hybridized carbons (Fsp3) is 0.533. The van der Waals surface area contributed by atoms with Gasteiger partial charge < -0.3 is 9.47 Å². The highest BCUT2D eigenvalue weighted by atomic mass is 35.5. The minimum atomic E-state index is 0.0247.